The average molecular weight is 191 g/mol. The van der Waals surface area contributed by atoms with Gasteiger partial charge in [-0.25, -0.2) is 9.79 Å². The Balaban J connectivity index is 2.63. The summed E-state index contributed by atoms with van der Waals surface area (Å²) in [6, 6.07) is 7.52. The van der Waals surface area contributed by atoms with E-state index in [1.807, 2.05) is 38.1 Å². The lowest BCUT2D eigenvalue weighted by molar-refractivity contribution is 0.242. The molecule has 0 amide bonds. The number of rotatable bonds is 4. The molecular weight excluding hydrogens is 178 g/mol. The minimum Gasteiger partial charge on any atom is -0.491 e. The van der Waals surface area contributed by atoms with Crippen LogP contribution < -0.4 is 4.74 Å². The van der Waals surface area contributed by atoms with Crippen molar-refractivity contribution in [1.29, 1.82) is 0 Å². The summed E-state index contributed by atoms with van der Waals surface area (Å²) in [4.78, 5) is 13.4. The van der Waals surface area contributed by atoms with Crippen LogP contribution in [0.3, 0.4) is 0 Å². The van der Waals surface area contributed by atoms with Gasteiger partial charge in [-0.2, -0.15) is 0 Å². The van der Waals surface area contributed by atoms with Crippen LogP contribution in [0.1, 0.15) is 19.4 Å². The fourth-order valence-electron chi connectivity index (χ4n) is 1.07. The van der Waals surface area contributed by atoms with E-state index in [-0.39, 0.29) is 6.10 Å². The van der Waals surface area contributed by atoms with Gasteiger partial charge in [0.25, 0.3) is 0 Å². The SMILES string of the molecule is CC(C)Oc1ccc(CN=C=O)cc1. The molecule has 0 bridgehead atoms. The first-order valence-corrected chi connectivity index (χ1v) is 4.51. The highest BCUT2D eigenvalue weighted by molar-refractivity contribution is 5.34. The summed E-state index contributed by atoms with van der Waals surface area (Å²) >= 11 is 0. The maximum absolute atomic E-state index is 9.87. The third-order valence-corrected chi connectivity index (χ3v) is 1.62. The van der Waals surface area contributed by atoms with E-state index in [9.17, 15) is 4.79 Å². The first-order chi connectivity index (χ1) is 6.72. The Kier molecular flexibility index (Phi) is 3.89. The van der Waals surface area contributed by atoms with Gasteiger partial charge >= 0.3 is 0 Å². The first kappa shape index (κ1) is 10.5. The molecule has 0 heterocycles. The minimum absolute atomic E-state index is 0.175. The first-order valence-electron chi connectivity index (χ1n) is 4.51. The van der Waals surface area contributed by atoms with E-state index in [1.54, 1.807) is 0 Å². The Morgan fingerprint density at radius 3 is 2.50 bits per heavy atom. The Labute approximate surface area is 83.4 Å². The zero-order valence-electron chi connectivity index (χ0n) is 8.36. The topological polar surface area (TPSA) is 38.7 Å². The Hall–Kier alpha value is -1.60. The summed E-state index contributed by atoms with van der Waals surface area (Å²) in [5.41, 5.74) is 0.976. The number of hydrogen-bond acceptors (Lipinski definition) is 3. The highest BCUT2D eigenvalue weighted by Crippen LogP contribution is 2.14. The zero-order chi connectivity index (χ0) is 10.4. The van der Waals surface area contributed by atoms with Crippen LogP contribution >= 0.6 is 0 Å². The molecule has 0 aliphatic heterocycles. The molecule has 3 heteroatoms. The van der Waals surface area contributed by atoms with Gasteiger partial charge in [0.15, 0.2) is 0 Å². The van der Waals surface area contributed by atoms with E-state index in [4.69, 9.17) is 4.74 Å². The lowest BCUT2D eigenvalue weighted by Gasteiger charge is -2.09. The lowest BCUT2D eigenvalue weighted by atomic mass is 10.2. The third kappa shape index (κ3) is 3.42. The van der Waals surface area contributed by atoms with Gasteiger partial charge in [-0.15, -0.1) is 0 Å². The molecule has 1 aromatic carbocycles. The van der Waals surface area contributed by atoms with Crippen molar-refractivity contribution in [2.45, 2.75) is 26.5 Å². The van der Waals surface area contributed by atoms with Crippen molar-refractivity contribution in [1.82, 2.24) is 0 Å². The standard InChI is InChI=1S/C11H13NO2/c1-9(2)14-11-5-3-10(4-6-11)7-12-8-13/h3-6,9H,7H2,1-2H3. The number of ether oxygens (including phenoxy) is 1. The lowest BCUT2D eigenvalue weighted by Crippen LogP contribution is -2.05. The van der Waals surface area contributed by atoms with Gasteiger partial charge in [-0.3, -0.25) is 0 Å². The molecule has 0 aliphatic rings. The van der Waals surface area contributed by atoms with Crippen LogP contribution in [0.15, 0.2) is 29.3 Å². The molecule has 0 spiro atoms. The Morgan fingerprint density at radius 2 is 2.00 bits per heavy atom. The van der Waals surface area contributed by atoms with Crippen LogP contribution in [0.4, 0.5) is 0 Å². The largest absolute Gasteiger partial charge is 0.491 e. The van der Waals surface area contributed by atoms with Gasteiger partial charge in [-0.1, -0.05) is 12.1 Å². The molecule has 0 aliphatic carbocycles. The van der Waals surface area contributed by atoms with Crippen LogP contribution in [0.25, 0.3) is 0 Å². The number of isocyanates is 1. The van der Waals surface area contributed by atoms with Crippen molar-refractivity contribution in [2.24, 2.45) is 4.99 Å². The normalized spacial score (nSPS) is 9.64. The fraction of sp³-hybridized carbons (Fsp3) is 0.364. The number of aliphatic imine (C=N–C) groups is 1. The maximum atomic E-state index is 9.87. The highest BCUT2D eigenvalue weighted by atomic mass is 16.5. The van der Waals surface area contributed by atoms with Gasteiger partial charge < -0.3 is 4.74 Å². The molecule has 0 unspecified atom stereocenters. The fourth-order valence-corrected chi connectivity index (χ4v) is 1.07. The molecule has 14 heavy (non-hydrogen) atoms. The molecular formula is C11H13NO2. The van der Waals surface area contributed by atoms with Crippen LogP contribution in [-0.4, -0.2) is 12.2 Å². The van der Waals surface area contributed by atoms with Crippen LogP contribution in [-0.2, 0) is 11.3 Å². The van der Waals surface area contributed by atoms with Gasteiger partial charge in [0.2, 0.25) is 6.08 Å². The zero-order valence-corrected chi connectivity index (χ0v) is 8.36. The van der Waals surface area contributed by atoms with Gasteiger partial charge in [0.05, 0.1) is 12.6 Å². The van der Waals surface area contributed by atoms with Crippen molar-refractivity contribution in [2.75, 3.05) is 0 Å². The van der Waals surface area contributed by atoms with E-state index >= 15 is 0 Å². The summed E-state index contributed by atoms with van der Waals surface area (Å²) in [5, 5.41) is 0. The van der Waals surface area contributed by atoms with Gasteiger partial charge in [0, 0.05) is 0 Å². The number of benzene rings is 1. The van der Waals surface area contributed by atoms with Crippen molar-refractivity contribution in [3.05, 3.63) is 29.8 Å². The molecule has 3 nitrogen and oxygen atoms in total. The predicted molar refractivity (Wildman–Crippen MR) is 54.0 cm³/mol. The summed E-state index contributed by atoms with van der Waals surface area (Å²) in [5.74, 6) is 0.832. The number of carbonyl (C=O) groups excluding carboxylic acids is 1. The highest BCUT2D eigenvalue weighted by Gasteiger charge is 1.97. The van der Waals surface area contributed by atoms with E-state index in [0.717, 1.165) is 11.3 Å². The molecule has 1 aromatic rings. The number of nitrogens with zero attached hydrogens (tertiary/aromatic N) is 1. The van der Waals surface area contributed by atoms with E-state index in [0.29, 0.717) is 6.54 Å². The molecule has 0 aromatic heterocycles. The van der Waals surface area contributed by atoms with Crippen molar-refractivity contribution in [3.8, 4) is 5.75 Å². The van der Waals surface area contributed by atoms with Crippen LogP contribution in [0, 0.1) is 0 Å². The van der Waals surface area contributed by atoms with Crippen molar-refractivity contribution < 1.29 is 9.53 Å². The maximum Gasteiger partial charge on any atom is 0.235 e. The van der Waals surface area contributed by atoms with Gasteiger partial charge in [0.1, 0.15) is 5.75 Å². The summed E-state index contributed by atoms with van der Waals surface area (Å²) in [6.07, 6.45) is 1.68. The third-order valence-electron chi connectivity index (χ3n) is 1.62. The summed E-state index contributed by atoms with van der Waals surface area (Å²) in [7, 11) is 0. The smallest absolute Gasteiger partial charge is 0.235 e. The Morgan fingerprint density at radius 1 is 1.36 bits per heavy atom. The molecule has 0 fully saturated rings. The van der Waals surface area contributed by atoms with Crippen LogP contribution in [0.2, 0.25) is 0 Å². The van der Waals surface area contributed by atoms with Crippen LogP contribution in [0.5, 0.6) is 5.75 Å². The van der Waals surface area contributed by atoms with Crippen molar-refractivity contribution in [3.63, 3.8) is 0 Å². The Bertz CT molecular complexity index is 324. The second kappa shape index (κ2) is 5.20. The van der Waals surface area contributed by atoms with Crippen molar-refractivity contribution >= 4 is 6.08 Å². The number of hydrogen-bond donors (Lipinski definition) is 0. The average Bonchev–Trinajstić information content (AvgIpc) is 2.16. The minimum atomic E-state index is 0.175. The predicted octanol–water partition coefficient (Wildman–Crippen LogP) is 2.31. The molecule has 74 valence electrons. The molecule has 0 N–H and O–H groups in total. The molecule has 0 saturated heterocycles. The summed E-state index contributed by atoms with van der Waals surface area (Å²) in [6.45, 7) is 4.33. The molecule has 1 rings (SSSR count). The van der Waals surface area contributed by atoms with Gasteiger partial charge in [-0.05, 0) is 31.5 Å². The van der Waals surface area contributed by atoms with E-state index in [2.05, 4.69) is 4.99 Å². The molecule has 0 atom stereocenters. The second-order valence-electron chi connectivity index (χ2n) is 3.22. The monoisotopic (exact) mass is 191 g/mol. The van der Waals surface area contributed by atoms with E-state index in [1.165, 1.54) is 6.08 Å². The quantitative estimate of drug-likeness (QED) is 0.541. The second-order valence-corrected chi connectivity index (χ2v) is 3.22. The summed E-state index contributed by atoms with van der Waals surface area (Å²) < 4.78 is 5.47. The molecule has 0 radical (unpaired) electrons. The van der Waals surface area contributed by atoms with E-state index < -0.39 is 0 Å². The molecule has 0 saturated carbocycles.